The molecule has 4 rings (SSSR count). The summed E-state index contributed by atoms with van der Waals surface area (Å²) in [6.07, 6.45) is 0.796. The van der Waals surface area contributed by atoms with Crippen molar-refractivity contribution in [3.63, 3.8) is 0 Å². The molecular formula is C28H36ClFN6O. The number of anilines is 2. The smallest absolute Gasteiger partial charge is 0.322 e. The predicted molar refractivity (Wildman–Crippen MR) is 148 cm³/mol. The minimum absolute atomic E-state index is 0.0131. The van der Waals surface area contributed by atoms with Gasteiger partial charge in [-0.3, -0.25) is 0 Å². The van der Waals surface area contributed by atoms with Gasteiger partial charge in [-0.05, 0) is 63.2 Å². The number of nitrogens with one attached hydrogen (secondary N) is 1. The molecule has 7 nitrogen and oxygen atoms in total. The molecule has 9 heteroatoms. The van der Waals surface area contributed by atoms with Crippen LogP contribution in [0.25, 0.3) is 5.69 Å². The van der Waals surface area contributed by atoms with Crippen molar-refractivity contribution < 1.29 is 9.18 Å². The Balaban J connectivity index is 1.72. The van der Waals surface area contributed by atoms with Gasteiger partial charge in [0.25, 0.3) is 0 Å². The van der Waals surface area contributed by atoms with Crippen molar-refractivity contribution in [1.29, 1.82) is 0 Å². The van der Waals surface area contributed by atoms with Gasteiger partial charge in [0.2, 0.25) is 0 Å². The molecule has 1 aliphatic rings. The van der Waals surface area contributed by atoms with Crippen molar-refractivity contribution >= 4 is 29.1 Å². The Hall–Kier alpha value is -3.10. The van der Waals surface area contributed by atoms with Gasteiger partial charge in [-0.25, -0.2) is 13.9 Å². The van der Waals surface area contributed by atoms with Crippen LogP contribution >= 0.6 is 11.6 Å². The number of halogens is 2. The van der Waals surface area contributed by atoms with Gasteiger partial charge in [0, 0.05) is 48.5 Å². The van der Waals surface area contributed by atoms with Gasteiger partial charge < -0.3 is 20.0 Å². The summed E-state index contributed by atoms with van der Waals surface area (Å²) >= 11 is 6.14. The summed E-state index contributed by atoms with van der Waals surface area (Å²) in [7, 11) is 0. The number of aromatic nitrogens is 2. The van der Waals surface area contributed by atoms with Crippen molar-refractivity contribution in [3.8, 4) is 5.69 Å². The van der Waals surface area contributed by atoms with Crippen molar-refractivity contribution in [2.24, 2.45) is 0 Å². The van der Waals surface area contributed by atoms with E-state index in [4.69, 9.17) is 16.7 Å². The number of nitrogens with zero attached hydrogens (tertiary/aromatic N) is 5. The van der Waals surface area contributed by atoms with E-state index >= 15 is 0 Å². The first kappa shape index (κ1) is 26.9. The minimum Gasteiger partial charge on any atom is -0.354 e. The topological polar surface area (TPSA) is 56.6 Å². The summed E-state index contributed by atoms with van der Waals surface area (Å²) in [5.74, 6) is 0.610. The third kappa shape index (κ3) is 6.25. The second-order valence-corrected chi connectivity index (χ2v) is 9.96. The van der Waals surface area contributed by atoms with Crippen LogP contribution in [0.5, 0.6) is 0 Å². The molecular weight excluding hydrogens is 491 g/mol. The highest BCUT2D eigenvalue weighted by Crippen LogP contribution is 2.31. The molecule has 1 aromatic heterocycles. The SMILES string of the molecule is CCC(C)N(Cc1c(C)nn(-c2cccc(F)c2)c1N1CCN(CC)CC1)C(=O)Nc1cccc(Cl)c1. The summed E-state index contributed by atoms with van der Waals surface area (Å²) < 4.78 is 16.0. The van der Waals surface area contributed by atoms with E-state index in [1.807, 2.05) is 41.6 Å². The maximum Gasteiger partial charge on any atom is 0.322 e. The molecule has 1 unspecified atom stereocenters. The van der Waals surface area contributed by atoms with Crippen LogP contribution in [0, 0.1) is 12.7 Å². The summed E-state index contributed by atoms with van der Waals surface area (Å²) in [6.45, 7) is 13.2. The van der Waals surface area contributed by atoms with E-state index in [0.717, 1.165) is 56.2 Å². The molecule has 37 heavy (non-hydrogen) atoms. The Labute approximate surface area is 223 Å². The monoisotopic (exact) mass is 526 g/mol. The number of carbonyl (C=O) groups excluding carboxylic acids is 1. The second-order valence-electron chi connectivity index (χ2n) is 9.53. The number of hydrogen-bond donors (Lipinski definition) is 1. The zero-order chi connectivity index (χ0) is 26.5. The van der Waals surface area contributed by atoms with Crippen LogP contribution in [0.4, 0.5) is 20.7 Å². The molecule has 2 heterocycles. The van der Waals surface area contributed by atoms with Gasteiger partial charge in [-0.1, -0.05) is 37.6 Å². The van der Waals surface area contributed by atoms with Crippen LogP contribution in [0.2, 0.25) is 5.02 Å². The zero-order valence-electron chi connectivity index (χ0n) is 22.0. The molecule has 1 atom stereocenters. The normalized spacial score (nSPS) is 15.0. The third-order valence-electron chi connectivity index (χ3n) is 7.12. The highest BCUT2D eigenvalue weighted by molar-refractivity contribution is 6.30. The van der Waals surface area contributed by atoms with E-state index < -0.39 is 0 Å². The first-order valence-electron chi connectivity index (χ1n) is 13.0. The fraction of sp³-hybridized carbons (Fsp3) is 0.429. The van der Waals surface area contributed by atoms with E-state index in [1.54, 1.807) is 18.2 Å². The van der Waals surface area contributed by atoms with E-state index in [-0.39, 0.29) is 17.9 Å². The lowest BCUT2D eigenvalue weighted by Crippen LogP contribution is -2.47. The number of piperazine rings is 1. The quantitative estimate of drug-likeness (QED) is 0.394. The average molecular weight is 527 g/mol. The number of aryl methyl sites for hydroxylation is 1. The molecule has 1 fully saturated rings. The van der Waals surface area contributed by atoms with Crippen LogP contribution < -0.4 is 10.2 Å². The fourth-order valence-electron chi connectivity index (χ4n) is 4.70. The Morgan fingerprint density at radius 1 is 1.14 bits per heavy atom. The molecule has 3 aromatic rings. The first-order chi connectivity index (χ1) is 17.8. The maximum atomic E-state index is 14.2. The Bertz CT molecular complexity index is 1220. The summed E-state index contributed by atoms with van der Waals surface area (Å²) in [5, 5.41) is 8.41. The molecule has 0 spiro atoms. The van der Waals surface area contributed by atoms with Gasteiger partial charge in [0.15, 0.2) is 0 Å². The predicted octanol–water partition coefficient (Wildman–Crippen LogP) is 5.95. The zero-order valence-corrected chi connectivity index (χ0v) is 22.8. The highest BCUT2D eigenvalue weighted by atomic mass is 35.5. The lowest BCUT2D eigenvalue weighted by atomic mass is 10.1. The summed E-state index contributed by atoms with van der Waals surface area (Å²) in [6, 6.07) is 13.4. The minimum atomic E-state index is -0.309. The van der Waals surface area contributed by atoms with E-state index in [0.29, 0.717) is 22.9 Å². The van der Waals surface area contributed by atoms with Crippen LogP contribution in [0.15, 0.2) is 48.5 Å². The Morgan fingerprint density at radius 3 is 2.51 bits per heavy atom. The van der Waals surface area contributed by atoms with Gasteiger partial charge in [0.05, 0.1) is 17.9 Å². The van der Waals surface area contributed by atoms with Gasteiger partial charge >= 0.3 is 6.03 Å². The van der Waals surface area contributed by atoms with Crippen molar-refractivity contribution in [2.75, 3.05) is 42.9 Å². The Morgan fingerprint density at radius 2 is 1.86 bits per heavy atom. The first-order valence-corrected chi connectivity index (χ1v) is 13.3. The third-order valence-corrected chi connectivity index (χ3v) is 7.35. The van der Waals surface area contributed by atoms with Crippen LogP contribution in [-0.2, 0) is 6.54 Å². The molecule has 0 saturated carbocycles. The number of urea groups is 1. The van der Waals surface area contributed by atoms with Crippen LogP contribution in [0.1, 0.15) is 38.4 Å². The van der Waals surface area contributed by atoms with E-state index in [9.17, 15) is 9.18 Å². The second kappa shape index (κ2) is 12.0. The van der Waals surface area contributed by atoms with Crippen molar-refractivity contribution in [3.05, 3.63) is 70.6 Å². The molecule has 0 radical (unpaired) electrons. The lowest BCUT2D eigenvalue weighted by Gasteiger charge is -2.37. The molecule has 0 aliphatic carbocycles. The molecule has 1 N–H and O–H groups in total. The summed E-state index contributed by atoms with van der Waals surface area (Å²) in [4.78, 5) is 20.1. The largest absolute Gasteiger partial charge is 0.354 e. The molecule has 2 amide bonds. The maximum absolute atomic E-state index is 14.2. The van der Waals surface area contributed by atoms with E-state index in [1.165, 1.54) is 12.1 Å². The fourth-order valence-corrected chi connectivity index (χ4v) is 4.89. The highest BCUT2D eigenvalue weighted by Gasteiger charge is 2.29. The van der Waals surface area contributed by atoms with Crippen molar-refractivity contribution in [1.82, 2.24) is 19.6 Å². The lowest BCUT2D eigenvalue weighted by molar-refractivity contribution is 0.187. The molecule has 1 saturated heterocycles. The average Bonchev–Trinajstić information content (AvgIpc) is 3.22. The van der Waals surface area contributed by atoms with Gasteiger partial charge in [-0.2, -0.15) is 5.10 Å². The molecule has 0 bridgehead atoms. The standard InChI is InChI=1S/C28H36ClFN6O/c1-5-20(3)35(28(37)31-24-11-7-9-22(29)17-24)19-26-21(4)32-36(25-12-8-10-23(30)18-25)27(26)34-15-13-33(6-2)14-16-34/h7-12,17-18,20H,5-6,13-16,19H2,1-4H3,(H,31,37). The van der Waals surface area contributed by atoms with Crippen molar-refractivity contribution in [2.45, 2.75) is 46.7 Å². The van der Waals surface area contributed by atoms with Crippen LogP contribution in [0.3, 0.4) is 0 Å². The van der Waals surface area contributed by atoms with Crippen LogP contribution in [-0.4, -0.2) is 64.4 Å². The molecule has 198 valence electrons. The van der Waals surface area contributed by atoms with Gasteiger partial charge in [-0.15, -0.1) is 0 Å². The number of amides is 2. The number of carbonyl (C=O) groups is 1. The number of likely N-dealkylation sites (N-methyl/N-ethyl adjacent to an activating group) is 1. The number of rotatable bonds is 8. The number of hydrogen-bond acceptors (Lipinski definition) is 4. The van der Waals surface area contributed by atoms with E-state index in [2.05, 4.69) is 29.0 Å². The van der Waals surface area contributed by atoms with Gasteiger partial charge in [0.1, 0.15) is 11.6 Å². The summed E-state index contributed by atoms with van der Waals surface area (Å²) in [5.41, 5.74) is 3.10. The Kier molecular flexibility index (Phi) is 8.71. The molecule has 2 aromatic carbocycles. The molecule has 1 aliphatic heterocycles. The number of benzene rings is 2.